The van der Waals surface area contributed by atoms with E-state index in [4.69, 9.17) is 35.8 Å². The second-order valence-corrected chi connectivity index (χ2v) is 10.4. The first-order chi connectivity index (χ1) is 10.2. The zero-order valence-corrected chi connectivity index (χ0v) is 16.4. The molecule has 132 valence electrons. The van der Waals surface area contributed by atoms with Gasteiger partial charge in [0.25, 0.3) is 0 Å². The van der Waals surface area contributed by atoms with Crippen LogP contribution in [0.3, 0.4) is 0 Å². The van der Waals surface area contributed by atoms with Gasteiger partial charge in [0.2, 0.25) is 0 Å². The van der Waals surface area contributed by atoms with Crippen molar-refractivity contribution in [2.75, 3.05) is 48.8 Å². The Morgan fingerprint density at radius 2 is 1.45 bits per heavy atom. The number of rotatable bonds is 12. The van der Waals surface area contributed by atoms with E-state index in [1.165, 1.54) is 35.5 Å². The van der Waals surface area contributed by atoms with Crippen molar-refractivity contribution in [3.8, 4) is 0 Å². The second kappa shape index (κ2) is 9.33. The Kier molecular flexibility index (Phi) is 9.33. The number of hydrogen-bond donors (Lipinski definition) is 1. The van der Waals surface area contributed by atoms with Crippen molar-refractivity contribution >= 4 is 34.0 Å². The van der Waals surface area contributed by atoms with E-state index in [0.29, 0.717) is 0 Å². The Labute approximate surface area is 138 Å². The van der Waals surface area contributed by atoms with E-state index in [-0.39, 0.29) is 0 Å². The number of aliphatic hydroxyl groups excluding tert-OH is 1. The fraction of sp³-hybridized carbons (Fsp3) is 1.00. The Bertz CT molecular complexity index is 348. The van der Waals surface area contributed by atoms with Crippen molar-refractivity contribution in [3.05, 3.63) is 10.1 Å². The van der Waals surface area contributed by atoms with Gasteiger partial charge in [0.05, 0.1) is 0 Å². The number of alkyl halides is 1. The molecule has 0 aromatic carbocycles. The lowest BCUT2D eigenvalue weighted by Crippen LogP contribution is -2.61. The molecule has 0 rings (SSSR count). The molecule has 0 saturated heterocycles. The van der Waals surface area contributed by atoms with Crippen LogP contribution >= 0.6 is 15.9 Å². The number of aliphatic hydroxyl groups is 1. The van der Waals surface area contributed by atoms with Crippen LogP contribution in [0.4, 0.5) is 0 Å². The smallest absolute Gasteiger partial charge is 0.388 e. The maximum atomic E-state index is 10.9. The number of nitrogens with zero attached hydrogens (tertiary/aromatic N) is 1. The zero-order chi connectivity index (χ0) is 17.4. The normalized spacial score (nSPS) is 15.6. The van der Waals surface area contributed by atoms with Crippen LogP contribution < -0.4 is 0 Å². The molecule has 0 radical (unpaired) electrons. The Balaban J connectivity index is 5.23. The molecule has 0 bridgehead atoms. The van der Waals surface area contributed by atoms with Crippen LogP contribution in [0.1, 0.15) is 0 Å². The van der Waals surface area contributed by atoms with Gasteiger partial charge in [0.1, 0.15) is 13.2 Å². The number of halogens is 1. The summed E-state index contributed by atoms with van der Waals surface area (Å²) in [6.45, 7) is -1.41. The lowest BCUT2D eigenvalue weighted by atomic mass is 10.4. The highest BCUT2D eigenvalue weighted by molar-refractivity contribution is 9.10. The van der Waals surface area contributed by atoms with Crippen LogP contribution in [0, 0.1) is 10.1 Å². The highest BCUT2D eigenvalue weighted by Crippen LogP contribution is 2.24. The molecule has 0 heterocycles. The summed E-state index contributed by atoms with van der Waals surface area (Å²) >= 11 is 2.79. The molecular formula is C8H20BrNO10Si2. The molecular weight excluding hydrogens is 406 g/mol. The molecule has 0 saturated carbocycles. The molecule has 1 atom stereocenters. The molecule has 11 nitrogen and oxygen atoms in total. The second-order valence-electron chi connectivity index (χ2n) is 3.74. The molecule has 1 unspecified atom stereocenters. The highest BCUT2D eigenvalue weighted by Gasteiger charge is 2.59. The van der Waals surface area contributed by atoms with Crippen molar-refractivity contribution in [1.82, 2.24) is 0 Å². The molecule has 0 aromatic rings. The molecule has 0 aromatic heterocycles. The average molecular weight is 426 g/mol. The van der Waals surface area contributed by atoms with Crippen LogP contribution in [0.2, 0.25) is 0 Å². The van der Waals surface area contributed by atoms with Gasteiger partial charge in [0.15, 0.2) is 0 Å². The molecule has 0 fully saturated rings. The predicted octanol–water partition coefficient (Wildman–Crippen LogP) is -0.517. The molecule has 0 amide bonds. The molecule has 0 aliphatic heterocycles. The minimum absolute atomic E-state index is 0.591. The minimum atomic E-state index is -3.87. The fourth-order valence-electron chi connectivity index (χ4n) is 1.20. The first-order valence-corrected chi connectivity index (χ1v) is 9.82. The summed E-state index contributed by atoms with van der Waals surface area (Å²) in [4.78, 5) is 10.2. The zero-order valence-electron chi connectivity index (χ0n) is 12.9. The van der Waals surface area contributed by atoms with E-state index in [1.54, 1.807) is 0 Å². The summed E-state index contributed by atoms with van der Waals surface area (Å²) in [7, 11) is -1.11. The van der Waals surface area contributed by atoms with E-state index in [9.17, 15) is 10.1 Å². The van der Waals surface area contributed by atoms with Crippen LogP contribution in [-0.4, -0.2) is 81.3 Å². The van der Waals surface area contributed by atoms with Gasteiger partial charge in [0, 0.05) is 56.4 Å². The molecule has 22 heavy (non-hydrogen) atoms. The predicted molar refractivity (Wildman–Crippen MR) is 79.3 cm³/mol. The van der Waals surface area contributed by atoms with Gasteiger partial charge in [-0.1, -0.05) is 0 Å². The van der Waals surface area contributed by atoms with Gasteiger partial charge >= 0.3 is 22.5 Å². The van der Waals surface area contributed by atoms with Crippen LogP contribution in [0.15, 0.2) is 0 Å². The van der Waals surface area contributed by atoms with Crippen molar-refractivity contribution in [2.24, 2.45) is 0 Å². The Morgan fingerprint density at radius 3 is 1.73 bits per heavy atom. The lowest BCUT2D eigenvalue weighted by molar-refractivity contribution is -0.541. The Hall–Kier alpha value is -0.00623. The van der Waals surface area contributed by atoms with Crippen molar-refractivity contribution in [1.29, 1.82) is 0 Å². The third-order valence-electron chi connectivity index (χ3n) is 2.54. The Morgan fingerprint density at radius 1 is 1.05 bits per heavy atom. The maximum absolute atomic E-state index is 10.9. The summed E-state index contributed by atoms with van der Waals surface area (Å²) < 4.78 is 34.3. The van der Waals surface area contributed by atoms with Gasteiger partial charge in [-0.05, 0) is 0 Å². The molecule has 0 aliphatic carbocycles. The summed E-state index contributed by atoms with van der Waals surface area (Å²) in [6, 6.07) is 0. The van der Waals surface area contributed by atoms with Crippen LogP contribution in [0.5, 0.6) is 0 Å². The summed E-state index contributed by atoms with van der Waals surface area (Å²) in [6.07, 6.45) is 0. The van der Waals surface area contributed by atoms with Crippen molar-refractivity contribution < 1.29 is 40.7 Å². The molecule has 0 aliphatic rings. The van der Waals surface area contributed by atoms with E-state index < -0.39 is 40.7 Å². The number of hydrogen-bond acceptors (Lipinski definition) is 10. The van der Waals surface area contributed by atoms with Crippen LogP contribution in [-0.2, 0) is 30.7 Å². The monoisotopic (exact) mass is 425 g/mol. The van der Waals surface area contributed by atoms with E-state index in [2.05, 4.69) is 15.9 Å². The van der Waals surface area contributed by atoms with E-state index in [1.807, 2.05) is 0 Å². The molecule has 0 spiro atoms. The first kappa shape index (κ1) is 22.0. The quantitative estimate of drug-likeness (QED) is 0.143. The minimum Gasteiger partial charge on any atom is -0.388 e. The summed E-state index contributed by atoms with van der Waals surface area (Å²) in [5, 5.41) is 20.1. The SMILES string of the molecule is CO[Si](OC)(OC)O[Si](OC)(OC)OCC(Br)(CO)[N+](=O)[O-]. The maximum Gasteiger partial charge on any atom is 0.673 e. The van der Waals surface area contributed by atoms with Crippen molar-refractivity contribution in [2.45, 2.75) is 4.45 Å². The lowest BCUT2D eigenvalue weighted by Gasteiger charge is -2.32. The fourth-order valence-corrected chi connectivity index (χ4v) is 5.97. The van der Waals surface area contributed by atoms with Gasteiger partial charge in [-0.3, -0.25) is 10.1 Å². The molecule has 14 heteroatoms. The van der Waals surface area contributed by atoms with E-state index in [0.717, 1.165) is 0 Å². The van der Waals surface area contributed by atoms with Crippen LogP contribution in [0.25, 0.3) is 0 Å². The van der Waals surface area contributed by atoms with E-state index >= 15 is 0 Å². The first-order valence-electron chi connectivity index (χ1n) is 5.76. The van der Waals surface area contributed by atoms with Gasteiger partial charge in [-0.25, -0.2) is 0 Å². The standard InChI is InChI=1S/C8H20BrNO10Si2/c1-14-21(15-2,16-3)20-22(17-4,18-5)19-7-8(9,6-11)10(12)13/h11H,6-7H2,1-5H3. The number of nitro groups is 1. The van der Waals surface area contributed by atoms with Crippen molar-refractivity contribution in [3.63, 3.8) is 0 Å². The van der Waals surface area contributed by atoms with Gasteiger partial charge in [-0.15, -0.1) is 0 Å². The summed E-state index contributed by atoms with van der Waals surface area (Å²) in [5.41, 5.74) is 0. The van der Waals surface area contributed by atoms with Gasteiger partial charge < -0.3 is 35.8 Å². The third kappa shape index (κ3) is 5.27. The third-order valence-corrected chi connectivity index (χ3v) is 8.31. The topological polar surface area (TPSA) is 128 Å². The van der Waals surface area contributed by atoms with Gasteiger partial charge in [-0.2, -0.15) is 0 Å². The molecule has 1 N–H and O–H groups in total. The summed E-state index contributed by atoms with van der Waals surface area (Å²) in [5.74, 6) is 0. The largest absolute Gasteiger partial charge is 0.673 e. The average Bonchev–Trinajstić information content (AvgIpc) is 2.55. The highest BCUT2D eigenvalue weighted by atomic mass is 79.9.